The molecule has 3 aromatic heterocycles. The average Bonchev–Trinajstić information content (AvgIpc) is 3.42. The zero-order valence-corrected chi connectivity index (χ0v) is 15.2. The summed E-state index contributed by atoms with van der Waals surface area (Å²) in [6, 6.07) is 6.68. The number of carbonyl (C=O) groups is 2. The molecule has 4 rings (SSSR count). The second kappa shape index (κ2) is 7.67. The first-order valence-electron chi connectivity index (χ1n) is 9.25. The summed E-state index contributed by atoms with van der Waals surface area (Å²) in [6.45, 7) is 0.229. The molecular weight excluding hydrogens is 360 g/mol. The van der Waals surface area contributed by atoms with Crippen LogP contribution in [0.4, 0.5) is 5.69 Å². The van der Waals surface area contributed by atoms with Crippen LogP contribution in [-0.4, -0.2) is 21.2 Å². The van der Waals surface area contributed by atoms with Crippen LogP contribution in [0.15, 0.2) is 52.1 Å². The van der Waals surface area contributed by atoms with Crippen molar-refractivity contribution in [1.82, 2.24) is 14.7 Å². The Kier molecular flexibility index (Phi) is 4.92. The summed E-state index contributed by atoms with van der Waals surface area (Å²) in [7, 11) is 0. The van der Waals surface area contributed by atoms with Crippen molar-refractivity contribution in [2.75, 3.05) is 5.32 Å². The minimum Gasteiger partial charge on any atom is -0.467 e. The van der Waals surface area contributed by atoms with Crippen molar-refractivity contribution in [2.24, 2.45) is 5.92 Å². The van der Waals surface area contributed by atoms with Crippen LogP contribution in [0.2, 0.25) is 0 Å². The van der Waals surface area contributed by atoms with Crippen molar-refractivity contribution >= 4 is 23.1 Å². The van der Waals surface area contributed by atoms with Gasteiger partial charge in [-0.15, -0.1) is 0 Å². The molecule has 144 valence electrons. The number of fused-ring (bicyclic) bond motifs is 1. The van der Waals surface area contributed by atoms with Crippen molar-refractivity contribution in [3.63, 3.8) is 0 Å². The Hall–Kier alpha value is -3.42. The number of nitrogens with one attached hydrogen (secondary N) is 2. The van der Waals surface area contributed by atoms with Gasteiger partial charge in [0.15, 0.2) is 5.65 Å². The van der Waals surface area contributed by atoms with E-state index in [9.17, 15) is 14.4 Å². The van der Waals surface area contributed by atoms with Gasteiger partial charge < -0.3 is 15.1 Å². The van der Waals surface area contributed by atoms with E-state index in [4.69, 9.17) is 4.42 Å². The smallest absolute Gasteiger partial charge is 0.281 e. The lowest BCUT2D eigenvalue weighted by Gasteiger charge is -2.11. The Labute approximate surface area is 160 Å². The van der Waals surface area contributed by atoms with E-state index in [2.05, 4.69) is 15.6 Å². The lowest BCUT2D eigenvalue weighted by atomic mass is 10.1. The minimum atomic E-state index is -0.419. The summed E-state index contributed by atoms with van der Waals surface area (Å²) in [5.41, 5.74) is 0.183. The molecule has 0 saturated heterocycles. The van der Waals surface area contributed by atoms with Gasteiger partial charge in [0.05, 0.1) is 24.6 Å². The number of pyridine rings is 1. The number of furan rings is 1. The fourth-order valence-corrected chi connectivity index (χ4v) is 3.47. The number of anilines is 1. The lowest BCUT2D eigenvalue weighted by molar-refractivity contribution is -0.119. The molecule has 0 spiro atoms. The SMILES string of the molecule is O=C(NCc1ccco1)c1cccn2c(=O)c(NC(=O)C3CCCC3)cnc12. The second-order valence-corrected chi connectivity index (χ2v) is 6.83. The summed E-state index contributed by atoms with van der Waals surface area (Å²) in [6.07, 6.45) is 8.12. The van der Waals surface area contributed by atoms with Gasteiger partial charge in [0.2, 0.25) is 5.91 Å². The molecule has 0 aliphatic heterocycles. The van der Waals surface area contributed by atoms with E-state index in [1.807, 2.05) is 0 Å². The van der Waals surface area contributed by atoms with Crippen LogP contribution in [0, 0.1) is 5.92 Å². The monoisotopic (exact) mass is 380 g/mol. The molecule has 2 amide bonds. The van der Waals surface area contributed by atoms with Crippen molar-refractivity contribution in [1.29, 1.82) is 0 Å². The zero-order chi connectivity index (χ0) is 19.5. The van der Waals surface area contributed by atoms with E-state index in [0.29, 0.717) is 5.76 Å². The molecule has 0 bridgehead atoms. The maximum atomic E-state index is 12.8. The predicted molar refractivity (Wildman–Crippen MR) is 102 cm³/mol. The van der Waals surface area contributed by atoms with Crippen molar-refractivity contribution in [3.05, 3.63) is 64.6 Å². The number of rotatable bonds is 5. The van der Waals surface area contributed by atoms with Crippen LogP contribution in [0.5, 0.6) is 0 Å². The predicted octanol–water partition coefficient (Wildman–Crippen LogP) is 2.35. The maximum Gasteiger partial charge on any atom is 0.281 e. The Balaban J connectivity index is 1.58. The van der Waals surface area contributed by atoms with Crippen LogP contribution in [0.3, 0.4) is 0 Å². The Morgan fingerprint density at radius 1 is 1.21 bits per heavy atom. The standard InChI is InChI=1S/C20H20N4O4/c25-18(13-5-1-2-6-13)23-16-12-21-17-15(8-3-9-24(17)20(16)27)19(26)22-11-14-7-4-10-28-14/h3-4,7-10,12-13H,1-2,5-6,11H2,(H,22,26)(H,23,25). The van der Waals surface area contributed by atoms with E-state index in [0.717, 1.165) is 25.7 Å². The molecule has 1 saturated carbocycles. The van der Waals surface area contributed by atoms with Gasteiger partial charge in [0.1, 0.15) is 11.4 Å². The number of hydrogen-bond donors (Lipinski definition) is 2. The van der Waals surface area contributed by atoms with Gasteiger partial charge >= 0.3 is 0 Å². The van der Waals surface area contributed by atoms with Crippen LogP contribution in [0.1, 0.15) is 41.8 Å². The molecule has 2 N–H and O–H groups in total. The van der Waals surface area contributed by atoms with E-state index >= 15 is 0 Å². The second-order valence-electron chi connectivity index (χ2n) is 6.83. The molecule has 0 radical (unpaired) electrons. The largest absolute Gasteiger partial charge is 0.467 e. The summed E-state index contributed by atoms with van der Waals surface area (Å²) in [5.74, 6) is 0.0438. The summed E-state index contributed by atoms with van der Waals surface area (Å²) >= 11 is 0. The molecule has 0 unspecified atom stereocenters. The highest BCUT2D eigenvalue weighted by Crippen LogP contribution is 2.25. The summed E-state index contributed by atoms with van der Waals surface area (Å²) < 4.78 is 6.47. The highest BCUT2D eigenvalue weighted by molar-refractivity contribution is 6.00. The van der Waals surface area contributed by atoms with Crippen LogP contribution >= 0.6 is 0 Å². The van der Waals surface area contributed by atoms with E-state index in [1.165, 1.54) is 23.1 Å². The maximum absolute atomic E-state index is 12.8. The average molecular weight is 380 g/mol. The highest BCUT2D eigenvalue weighted by atomic mass is 16.3. The first-order valence-corrected chi connectivity index (χ1v) is 9.25. The van der Waals surface area contributed by atoms with Crippen molar-refractivity contribution in [3.8, 4) is 0 Å². The molecule has 0 atom stereocenters. The fourth-order valence-electron chi connectivity index (χ4n) is 3.47. The number of nitrogens with zero attached hydrogens (tertiary/aromatic N) is 2. The molecule has 3 aromatic rings. The number of carbonyl (C=O) groups excluding carboxylic acids is 2. The third-order valence-corrected chi connectivity index (χ3v) is 4.96. The third kappa shape index (κ3) is 3.53. The number of hydrogen-bond acceptors (Lipinski definition) is 5. The third-order valence-electron chi connectivity index (χ3n) is 4.96. The van der Waals surface area contributed by atoms with E-state index in [1.54, 1.807) is 24.3 Å². The molecule has 1 aliphatic carbocycles. The van der Waals surface area contributed by atoms with Crippen LogP contribution < -0.4 is 16.2 Å². The van der Waals surface area contributed by atoms with Crippen LogP contribution in [-0.2, 0) is 11.3 Å². The molecule has 8 nitrogen and oxygen atoms in total. The quantitative estimate of drug-likeness (QED) is 0.707. The molecular formula is C20H20N4O4. The van der Waals surface area contributed by atoms with Crippen LogP contribution in [0.25, 0.3) is 5.65 Å². The molecule has 1 aliphatic rings. The van der Waals surface area contributed by atoms with Gasteiger partial charge in [-0.1, -0.05) is 12.8 Å². The topological polar surface area (TPSA) is 106 Å². The van der Waals surface area contributed by atoms with Gasteiger partial charge in [0.25, 0.3) is 11.5 Å². The fraction of sp³-hybridized carbons (Fsp3) is 0.300. The van der Waals surface area contributed by atoms with Gasteiger partial charge in [-0.05, 0) is 37.1 Å². The lowest BCUT2D eigenvalue weighted by Crippen LogP contribution is -2.28. The Morgan fingerprint density at radius 2 is 2.04 bits per heavy atom. The van der Waals surface area contributed by atoms with Crippen molar-refractivity contribution in [2.45, 2.75) is 32.2 Å². The summed E-state index contributed by atoms with van der Waals surface area (Å²) in [5, 5.41) is 5.43. The van der Waals surface area contributed by atoms with E-state index < -0.39 is 5.56 Å². The van der Waals surface area contributed by atoms with Gasteiger partial charge in [-0.2, -0.15) is 0 Å². The zero-order valence-electron chi connectivity index (χ0n) is 15.2. The number of aromatic nitrogens is 2. The molecule has 28 heavy (non-hydrogen) atoms. The molecule has 1 fully saturated rings. The number of amides is 2. The molecule has 0 aromatic carbocycles. The first kappa shape index (κ1) is 18.0. The van der Waals surface area contributed by atoms with Gasteiger partial charge in [0, 0.05) is 12.1 Å². The van der Waals surface area contributed by atoms with Crippen molar-refractivity contribution < 1.29 is 14.0 Å². The molecule has 8 heteroatoms. The first-order chi connectivity index (χ1) is 13.6. The summed E-state index contributed by atoms with van der Waals surface area (Å²) in [4.78, 5) is 41.9. The molecule has 3 heterocycles. The van der Waals surface area contributed by atoms with Gasteiger partial charge in [-0.3, -0.25) is 18.8 Å². The Morgan fingerprint density at radius 3 is 2.79 bits per heavy atom. The highest BCUT2D eigenvalue weighted by Gasteiger charge is 2.24. The van der Waals surface area contributed by atoms with Gasteiger partial charge in [-0.25, -0.2) is 4.98 Å². The Bertz CT molecular complexity index is 1070. The normalized spacial score (nSPS) is 14.3. The van der Waals surface area contributed by atoms with E-state index in [-0.39, 0.29) is 41.2 Å². The minimum absolute atomic E-state index is 0.0567.